The van der Waals surface area contributed by atoms with E-state index in [9.17, 15) is 0 Å². The average Bonchev–Trinajstić information content (AvgIpc) is 2.78. The first-order chi connectivity index (χ1) is 8.74. The maximum Gasteiger partial charge on any atom is 0.123 e. The van der Waals surface area contributed by atoms with E-state index in [1.54, 1.807) is 0 Å². The lowest BCUT2D eigenvalue weighted by Gasteiger charge is -2.28. The summed E-state index contributed by atoms with van der Waals surface area (Å²) in [7, 11) is 0. The summed E-state index contributed by atoms with van der Waals surface area (Å²) in [5, 5.41) is 0. The average molecular weight is 247 g/mol. The Morgan fingerprint density at radius 1 is 1.33 bits per heavy atom. The molecule has 0 aliphatic carbocycles. The summed E-state index contributed by atoms with van der Waals surface area (Å²) in [6, 6.07) is 6.32. The standard InChI is InChI=1S/C15H21NO2/c1-10-8-12-9-11(5-6-13(12)18-10)15(16)14-4-2-3-7-17-14/h5-6,9-10,14-15H,2-4,7-8,16H2,1H3. The lowest BCUT2D eigenvalue weighted by atomic mass is 9.94. The highest BCUT2D eigenvalue weighted by atomic mass is 16.5. The van der Waals surface area contributed by atoms with Crippen molar-refractivity contribution in [1.82, 2.24) is 0 Å². The Morgan fingerprint density at radius 3 is 3.00 bits per heavy atom. The van der Waals surface area contributed by atoms with Crippen LogP contribution in [0, 0.1) is 0 Å². The van der Waals surface area contributed by atoms with Gasteiger partial charge in [0, 0.05) is 13.0 Å². The van der Waals surface area contributed by atoms with Crippen molar-refractivity contribution < 1.29 is 9.47 Å². The molecule has 3 atom stereocenters. The van der Waals surface area contributed by atoms with E-state index in [2.05, 4.69) is 25.1 Å². The first kappa shape index (κ1) is 12.0. The van der Waals surface area contributed by atoms with E-state index < -0.39 is 0 Å². The molecule has 3 rings (SSSR count). The summed E-state index contributed by atoms with van der Waals surface area (Å²) in [6.45, 7) is 2.95. The van der Waals surface area contributed by atoms with Gasteiger partial charge in [-0.05, 0) is 43.4 Å². The molecule has 1 fully saturated rings. The van der Waals surface area contributed by atoms with Gasteiger partial charge in [0.2, 0.25) is 0 Å². The van der Waals surface area contributed by atoms with E-state index in [0.29, 0.717) is 0 Å². The zero-order valence-electron chi connectivity index (χ0n) is 10.9. The summed E-state index contributed by atoms with van der Waals surface area (Å²) in [4.78, 5) is 0. The van der Waals surface area contributed by atoms with Gasteiger partial charge < -0.3 is 15.2 Å². The predicted octanol–water partition coefficient (Wildman–Crippen LogP) is 2.58. The first-order valence-corrected chi connectivity index (χ1v) is 6.90. The van der Waals surface area contributed by atoms with Crippen molar-refractivity contribution in [1.29, 1.82) is 0 Å². The normalized spacial score (nSPS) is 28.6. The molecular weight excluding hydrogens is 226 g/mol. The molecule has 2 heterocycles. The van der Waals surface area contributed by atoms with Crippen LogP contribution in [-0.4, -0.2) is 18.8 Å². The van der Waals surface area contributed by atoms with Crippen LogP contribution in [0.3, 0.4) is 0 Å². The molecule has 18 heavy (non-hydrogen) atoms. The van der Waals surface area contributed by atoms with E-state index in [-0.39, 0.29) is 18.2 Å². The van der Waals surface area contributed by atoms with E-state index in [1.807, 2.05) is 0 Å². The molecule has 1 aromatic rings. The second-order valence-electron chi connectivity index (χ2n) is 5.43. The Labute approximate surface area is 108 Å². The quantitative estimate of drug-likeness (QED) is 0.873. The van der Waals surface area contributed by atoms with E-state index in [0.717, 1.165) is 25.2 Å². The summed E-state index contributed by atoms with van der Waals surface area (Å²) >= 11 is 0. The third-order valence-electron chi connectivity index (χ3n) is 3.92. The Hall–Kier alpha value is -1.06. The van der Waals surface area contributed by atoms with Gasteiger partial charge >= 0.3 is 0 Å². The second kappa shape index (κ2) is 4.90. The molecule has 0 amide bonds. The number of hydrogen-bond acceptors (Lipinski definition) is 3. The maximum atomic E-state index is 6.33. The third kappa shape index (κ3) is 2.25. The number of ether oxygens (including phenoxy) is 2. The molecule has 0 saturated carbocycles. The Bertz CT molecular complexity index is 427. The largest absolute Gasteiger partial charge is 0.490 e. The van der Waals surface area contributed by atoms with Crippen LogP contribution < -0.4 is 10.5 Å². The molecule has 2 aliphatic heterocycles. The molecule has 0 spiro atoms. The Balaban J connectivity index is 1.78. The molecule has 2 aliphatic rings. The van der Waals surface area contributed by atoms with Gasteiger partial charge in [0.1, 0.15) is 11.9 Å². The van der Waals surface area contributed by atoms with Crippen molar-refractivity contribution in [2.45, 2.75) is 50.9 Å². The minimum absolute atomic E-state index is 0.00786. The lowest BCUT2D eigenvalue weighted by Crippen LogP contribution is -2.31. The number of fused-ring (bicyclic) bond motifs is 1. The summed E-state index contributed by atoms with van der Waals surface area (Å²) < 4.78 is 11.5. The molecule has 1 saturated heterocycles. The molecular formula is C15H21NO2. The monoisotopic (exact) mass is 247 g/mol. The van der Waals surface area contributed by atoms with Gasteiger partial charge in [-0.25, -0.2) is 0 Å². The molecule has 98 valence electrons. The SMILES string of the molecule is CC1Cc2cc(C(N)C3CCCCO3)ccc2O1. The van der Waals surface area contributed by atoms with Crippen LogP contribution >= 0.6 is 0 Å². The van der Waals surface area contributed by atoms with Crippen LogP contribution in [0.15, 0.2) is 18.2 Å². The summed E-state index contributed by atoms with van der Waals surface area (Å²) in [5.74, 6) is 1.02. The number of benzene rings is 1. The predicted molar refractivity (Wildman–Crippen MR) is 70.8 cm³/mol. The molecule has 3 unspecified atom stereocenters. The fraction of sp³-hybridized carbons (Fsp3) is 0.600. The molecule has 3 heteroatoms. The third-order valence-corrected chi connectivity index (χ3v) is 3.92. The van der Waals surface area contributed by atoms with Gasteiger partial charge in [0.15, 0.2) is 0 Å². The Morgan fingerprint density at radius 2 is 2.22 bits per heavy atom. The zero-order valence-corrected chi connectivity index (χ0v) is 10.9. The number of hydrogen-bond donors (Lipinski definition) is 1. The van der Waals surface area contributed by atoms with Crippen molar-refractivity contribution in [2.24, 2.45) is 5.73 Å². The van der Waals surface area contributed by atoms with Crippen LogP contribution in [0.5, 0.6) is 5.75 Å². The van der Waals surface area contributed by atoms with Crippen molar-refractivity contribution in [3.05, 3.63) is 29.3 Å². The molecule has 3 nitrogen and oxygen atoms in total. The molecule has 2 N–H and O–H groups in total. The van der Waals surface area contributed by atoms with Gasteiger partial charge in [-0.1, -0.05) is 12.1 Å². The highest BCUT2D eigenvalue weighted by molar-refractivity contribution is 5.41. The fourth-order valence-corrected chi connectivity index (χ4v) is 2.91. The maximum absolute atomic E-state index is 6.33. The summed E-state index contributed by atoms with van der Waals surface area (Å²) in [6.07, 6.45) is 4.92. The molecule has 0 aromatic heterocycles. The van der Waals surface area contributed by atoms with E-state index >= 15 is 0 Å². The molecule has 0 radical (unpaired) electrons. The van der Waals surface area contributed by atoms with Crippen molar-refractivity contribution in [2.75, 3.05) is 6.61 Å². The molecule has 1 aromatic carbocycles. The first-order valence-electron chi connectivity index (χ1n) is 6.90. The number of nitrogens with two attached hydrogens (primary N) is 1. The zero-order chi connectivity index (χ0) is 12.5. The highest BCUT2D eigenvalue weighted by Crippen LogP contribution is 2.32. The highest BCUT2D eigenvalue weighted by Gasteiger charge is 2.25. The van der Waals surface area contributed by atoms with Gasteiger partial charge in [0.05, 0.1) is 12.1 Å². The van der Waals surface area contributed by atoms with Gasteiger partial charge in [-0.3, -0.25) is 0 Å². The van der Waals surface area contributed by atoms with Crippen LogP contribution in [0.25, 0.3) is 0 Å². The van der Waals surface area contributed by atoms with Crippen LogP contribution in [0.1, 0.15) is 43.4 Å². The fourth-order valence-electron chi connectivity index (χ4n) is 2.91. The minimum Gasteiger partial charge on any atom is -0.490 e. The van der Waals surface area contributed by atoms with Gasteiger partial charge in [-0.15, -0.1) is 0 Å². The Kier molecular flexibility index (Phi) is 3.27. The number of rotatable bonds is 2. The molecule has 0 bridgehead atoms. The van der Waals surface area contributed by atoms with Gasteiger partial charge in [0.25, 0.3) is 0 Å². The van der Waals surface area contributed by atoms with Crippen molar-refractivity contribution in [3.8, 4) is 5.75 Å². The summed E-state index contributed by atoms with van der Waals surface area (Å²) in [5.41, 5.74) is 8.80. The van der Waals surface area contributed by atoms with Gasteiger partial charge in [-0.2, -0.15) is 0 Å². The van der Waals surface area contributed by atoms with E-state index in [4.69, 9.17) is 15.2 Å². The van der Waals surface area contributed by atoms with Crippen molar-refractivity contribution in [3.63, 3.8) is 0 Å². The van der Waals surface area contributed by atoms with Crippen LogP contribution in [0.4, 0.5) is 0 Å². The minimum atomic E-state index is -0.00786. The lowest BCUT2D eigenvalue weighted by molar-refractivity contribution is 0.00000223. The van der Waals surface area contributed by atoms with E-state index in [1.165, 1.54) is 24.0 Å². The van der Waals surface area contributed by atoms with Crippen LogP contribution in [-0.2, 0) is 11.2 Å². The van der Waals surface area contributed by atoms with Crippen LogP contribution in [0.2, 0.25) is 0 Å². The second-order valence-corrected chi connectivity index (χ2v) is 5.43. The smallest absolute Gasteiger partial charge is 0.123 e. The van der Waals surface area contributed by atoms with Crippen molar-refractivity contribution >= 4 is 0 Å². The topological polar surface area (TPSA) is 44.5 Å².